The van der Waals surface area contributed by atoms with E-state index in [2.05, 4.69) is 41.9 Å². The molecule has 420 valence electrons. The van der Waals surface area contributed by atoms with Gasteiger partial charge in [-0.1, -0.05) is 11.5 Å². The number of aliphatic hydroxyl groups excluding tert-OH is 1. The van der Waals surface area contributed by atoms with Crippen LogP contribution in [0.3, 0.4) is 0 Å². The number of amides is 6. The number of hydrogen-bond donors (Lipinski definition) is 10. The molecule has 6 amide bonds. The third-order valence-corrected chi connectivity index (χ3v) is 12.1. The number of hydrogen-bond acceptors (Lipinski definition) is 14. The molecule has 0 fully saturated rings. The van der Waals surface area contributed by atoms with Crippen molar-refractivity contribution in [1.29, 1.82) is 0 Å². The molecule has 0 aromatic rings. The lowest BCUT2D eigenvalue weighted by Crippen LogP contribution is -2.52. The van der Waals surface area contributed by atoms with Crippen LogP contribution in [0, 0.1) is 16.7 Å². The number of ether oxygens (including phenoxy) is 3. The van der Waals surface area contributed by atoms with Crippen LogP contribution in [-0.4, -0.2) is 144 Å². The Morgan fingerprint density at radius 3 is 2.04 bits per heavy atom. The number of aliphatic hydroxyl groups is 1. The van der Waals surface area contributed by atoms with Crippen molar-refractivity contribution in [2.75, 3.05) is 46.0 Å². The van der Waals surface area contributed by atoms with Crippen LogP contribution in [-0.2, 0) is 52.6 Å². The Morgan fingerprint density at radius 2 is 1.42 bits per heavy atom. The molecular weight excluding hydrogens is 965 g/mol. The number of allylic oxidation sites excluding steroid dienone is 1. The van der Waals surface area contributed by atoms with Gasteiger partial charge in [0.25, 0.3) is 0 Å². The lowest BCUT2D eigenvalue weighted by atomic mass is 9.90. The Balaban J connectivity index is 3.37. The summed E-state index contributed by atoms with van der Waals surface area (Å²) in [7, 11) is 0. The number of carbonyl (C=O) groups is 8. The van der Waals surface area contributed by atoms with Crippen LogP contribution in [0.5, 0.6) is 0 Å². The van der Waals surface area contributed by atoms with E-state index in [1.807, 2.05) is 0 Å². The van der Waals surface area contributed by atoms with Crippen molar-refractivity contribution >= 4 is 47.4 Å². The van der Waals surface area contributed by atoms with Gasteiger partial charge < -0.3 is 61.8 Å². The number of primary amides is 1. The van der Waals surface area contributed by atoms with Crippen molar-refractivity contribution in [1.82, 2.24) is 31.9 Å². The number of nitrogens with one attached hydrogen (secondary N) is 6. The molecule has 0 heterocycles. The minimum Gasteiger partial charge on any atom is -0.492 e. The Morgan fingerprint density at radius 1 is 0.770 bits per heavy atom. The SMILES string of the molecule is CC(C)NC(=O)CCC(NC(=O)C1=CC(OCCNC(=O)CCCCCN=[N+]=[N-])=CC(C(=O)NC(CCC(N)=O)C(O)NCCC(C)(C)OCC(C)(C)C(=O)O)C1)C(=O)NCCC(C)(C)OCCC(C)(C)C(=O)O. The fourth-order valence-corrected chi connectivity index (χ4v) is 6.96. The molecule has 24 heteroatoms. The molecule has 0 bridgehead atoms. The van der Waals surface area contributed by atoms with Crippen LogP contribution in [0.1, 0.15) is 146 Å². The summed E-state index contributed by atoms with van der Waals surface area (Å²) >= 11 is 0. The minimum atomic E-state index is -1.41. The van der Waals surface area contributed by atoms with E-state index in [1.165, 1.54) is 26.0 Å². The highest BCUT2D eigenvalue weighted by atomic mass is 16.5. The van der Waals surface area contributed by atoms with E-state index in [1.54, 1.807) is 55.4 Å². The van der Waals surface area contributed by atoms with Crippen LogP contribution in [0.2, 0.25) is 0 Å². The normalized spacial score (nSPS) is 15.3. The largest absolute Gasteiger partial charge is 0.492 e. The summed E-state index contributed by atoms with van der Waals surface area (Å²) < 4.78 is 17.8. The quantitative estimate of drug-likeness (QED) is 0.0139. The van der Waals surface area contributed by atoms with Gasteiger partial charge in [-0.3, -0.25) is 43.7 Å². The topological polar surface area (TPSA) is 372 Å². The molecule has 4 atom stereocenters. The molecule has 0 aromatic heterocycles. The van der Waals surface area contributed by atoms with Gasteiger partial charge in [0.15, 0.2) is 0 Å². The molecule has 24 nitrogen and oxygen atoms in total. The summed E-state index contributed by atoms with van der Waals surface area (Å²) in [5.41, 5.74) is 10.2. The molecule has 1 aliphatic carbocycles. The van der Waals surface area contributed by atoms with Crippen LogP contribution in [0.15, 0.2) is 28.6 Å². The number of carboxylic acids is 2. The van der Waals surface area contributed by atoms with Crippen molar-refractivity contribution in [3.63, 3.8) is 0 Å². The Kier molecular flexibility index (Phi) is 29.1. The molecule has 74 heavy (non-hydrogen) atoms. The third-order valence-electron chi connectivity index (χ3n) is 12.1. The van der Waals surface area contributed by atoms with Gasteiger partial charge in [0.05, 0.1) is 47.1 Å². The highest BCUT2D eigenvalue weighted by molar-refractivity contribution is 5.98. The third kappa shape index (κ3) is 28.0. The smallest absolute Gasteiger partial charge is 0.311 e. The zero-order valence-electron chi connectivity index (χ0n) is 45.2. The minimum absolute atomic E-state index is 0.0244. The Labute approximate surface area is 435 Å². The molecule has 0 aliphatic heterocycles. The lowest BCUT2D eigenvalue weighted by Gasteiger charge is -2.31. The van der Waals surface area contributed by atoms with Crippen molar-refractivity contribution < 1.29 is 67.9 Å². The van der Waals surface area contributed by atoms with E-state index in [0.717, 1.165) is 0 Å². The van der Waals surface area contributed by atoms with Gasteiger partial charge in [-0.15, -0.1) is 0 Å². The first-order valence-corrected chi connectivity index (χ1v) is 25.4. The number of aliphatic carboxylic acids is 2. The molecule has 11 N–H and O–H groups in total. The highest BCUT2D eigenvalue weighted by Crippen LogP contribution is 2.27. The van der Waals surface area contributed by atoms with Crippen LogP contribution < -0.4 is 37.6 Å². The van der Waals surface area contributed by atoms with E-state index < -0.39 is 81.8 Å². The second-order valence-electron chi connectivity index (χ2n) is 21.4. The van der Waals surface area contributed by atoms with Gasteiger partial charge in [0, 0.05) is 62.0 Å². The monoisotopic (exact) mass is 1050 g/mol. The van der Waals surface area contributed by atoms with Crippen LogP contribution >= 0.6 is 0 Å². The molecule has 0 aromatic carbocycles. The van der Waals surface area contributed by atoms with Gasteiger partial charge in [0.2, 0.25) is 35.4 Å². The Bertz CT molecular complexity index is 2000. The molecule has 0 saturated heterocycles. The number of carboxylic acid groups (broad SMARTS) is 2. The van der Waals surface area contributed by atoms with Crippen LogP contribution in [0.4, 0.5) is 0 Å². The second-order valence-corrected chi connectivity index (χ2v) is 21.4. The van der Waals surface area contributed by atoms with Gasteiger partial charge in [-0.25, -0.2) is 0 Å². The number of nitrogens with two attached hydrogens (primary N) is 1. The molecule has 4 unspecified atom stereocenters. The fourth-order valence-electron chi connectivity index (χ4n) is 6.96. The van der Waals surface area contributed by atoms with E-state index in [9.17, 15) is 53.7 Å². The van der Waals surface area contributed by atoms with Crippen molar-refractivity contribution in [3.8, 4) is 0 Å². The predicted octanol–water partition coefficient (Wildman–Crippen LogP) is 3.37. The van der Waals surface area contributed by atoms with Gasteiger partial charge in [0.1, 0.15) is 24.6 Å². The van der Waals surface area contributed by atoms with Crippen LogP contribution in [0.25, 0.3) is 10.4 Å². The first-order valence-electron chi connectivity index (χ1n) is 25.4. The summed E-state index contributed by atoms with van der Waals surface area (Å²) in [5.74, 6) is -6.28. The van der Waals surface area contributed by atoms with E-state index in [4.69, 9.17) is 25.5 Å². The average Bonchev–Trinajstić information content (AvgIpc) is 3.30. The molecule has 1 rings (SSSR count). The summed E-state index contributed by atoms with van der Waals surface area (Å²) in [6.07, 6.45) is 3.76. The van der Waals surface area contributed by atoms with Gasteiger partial charge in [-0.05, 0) is 138 Å². The first kappa shape index (κ1) is 66.2. The summed E-state index contributed by atoms with van der Waals surface area (Å²) in [4.78, 5) is 105. The standard InChI is InChI=1S/C50H86N10O14/c1-32(2)57-40(63)18-16-37(44(67)54-23-19-49(7,8)73-26-21-47(3,4)45(68)69)59-42(65)34-28-33(29-35(30-34)72-27-25-53-39(62)14-12-11-13-22-56-60-52)41(64)58-36(15-17-38(51)61)43(66)55-24-20-50(9,10)74-31-48(5,6)46(70)71/h29-30,32-33,36-37,43,55,66H,11-28,31H2,1-10H3,(H2,51,61)(H,53,62)(H,54,67)(H,57,63)(H,58,64)(H,59,65)(H,68,69)(H,70,71). The van der Waals surface area contributed by atoms with Gasteiger partial charge in [-0.2, -0.15) is 0 Å². The lowest BCUT2D eigenvalue weighted by molar-refractivity contribution is -0.154. The second kappa shape index (κ2) is 32.5. The molecular formula is C50H86N10O14. The van der Waals surface area contributed by atoms with Crippen molar-refractivity contribution in [3.05, 3.63) is 33.9 Å². The summed E-state index contributed by atoms with van der Waals surface area (Å²) in [6.45, 7) is 17.6. The molecule has 0 radical (unpaired) electrons. The van der Waals surface area contributed by atoms with E-state index >= 15 is 0 Å². The first-order chi connectivity index (χ1) is 34.4. The van der Waals surface area contributed by atoms with E-state index in [0.29, 0.717) is 38.6 Å². The Hall–Kier alpha value is -5.81. The predicted molar refractivity (Wildman–Crippen MR) is 274 cm³/mol. The summed E-state index contributed by atoms with van der Waals surface area (Å²) in [6, 6.07) is -2.49. The molecule has 1 aliphatic rings. The molecule has 0 spiro atoms. The zero-order valence-corrected chi connectivity index (χ0v) is 45.2. The highest BCUT2D eigenvalue weighted by Gasteiger charge is 2.34. The number of carbonyl (C=O) groups excluding carboxylic acids is 6. The summed E-state index contributed by atoms with van der Waals surface area (Å²) in [5, 5.41) is 50.5. The maximum absolute atomic E-state index is 14.2. The fraction of sp³-hybridized carbons (Fsp3) is 0.760. The van der Waals surface area contributed by atoms with Crippen molar-refractivity contribution in [2.24, 2.45) is 27.6 Å². The molecule has 0 saturated carbocycles. The number of rotatable bonds is 39. The maximum atomic E-state index is 14.2. The van der Waals surface area contributed by atoms with E-state index in [-0.39, 0.29) is 114 Å². The van der Waals surface area contributed by atoms with Crippen molar-refractivity contribution in [2.45, 2.75) is 182 Å². The average molecular weight is 1050 g/mol. The van der Waals surface area contributed by atoms with Gasteiger partial charge >= 0.3 is 11.9 Å². The number of azide groups is 1. The number of unbranched alkanes of at least 4 members (excludes halogenated alkanes) is 2. The number of nitrogens with zero attached hydrogens (tertiary/aromatic N) is 3. The zero-order chi connectivity index (χ0) is 56.3. The maximum Gasteiger partial charge on any atom is 0.311 e.